The zero-order valence-corrected chi connectivity index (χ0v) is 7.26. The van der Waals surface area contributed by atoms with Gasteiger partial charge in [-0.25, -0.2) is 0 Å². The summed E-state index contributed by atoms with van der Waals surface area (Å²) < 4.78 is 4.89. The Balaban J connectivity index is 3.54. The van der Waals surface area contributed by atoms with Gasteiger partial charge in [-0.3, -0.25) is 4.36 Å². The summed E-state index contributed by atoms with van der Waals surface area (Å²) in [6.45, 7) is 0. The van der Waals surface area contributed by atoms with Gasteiger partial charge in [0, 0.05) is 7.05 Å². The van der Waals surface area contributed by atoms with Crippen LogP contribution in [0.4, 0.5) is 0 Å². The van der Waals surface area contributed by atoms with Crippen molar-refractivity contribution in [1.82, 2.24) is 0 Å². The molecule has 0 aromatic heterocycles. The van der Waals surface area contributed by atoms with E-state index in [1.54, 1.807) is 7.05 Å². The third-order valence-electron chi connectivity index (χ3n) is 0.325. The van der Waals surface area contributed by atoms with Gasteiger partial charge in [0.1, 0.15) is 0 Å². The maximum absolute atomic E-state index is 4.83. The molecule has 6 heavy (non-hydrogen) atoms. The number of nitrogens with zero attached hydrogens (tertiary/aromatic N) is 1. The molecule has 0 bridgehead atoms. The molecule has 1 unspecified atom stereocenters. The zero-order valence-electron chi connectivity index (χ0n) is 3.39. The van der Waals surface area contributed by atoms with Crippen molar-refractivity contribution in [1.29, 1.82) is 0 Å². The quantitative estimate of drug-likeness (QED) is 0.406. The summed E-state index contributed by atoms with van der Waals surface area (Å²) in [5, 5.41) is 0. The van der Waals surface area contributed by atoms with Gasteiger partial charge in [-0.05, 0) is 11.2 Å². The van der Waals surface area contributed by atoms with Gasteiger partial charge in [-0.15, -0.1) is 0 Å². The molecular formula is C2H6INS2. The van der Waals surface area contributed by atoms with Crippen LogP contribution < -0.4 is 0 Å². The Bertz CT molecular complexity index is 93.7. The lowest BCUT2D eigenvalue weighted by Gasteiger charge is -1.74. The number of halogens is 1. The van der Waals surface area contributed by atoms with Gasteiger partial charge in [0.15, 0.2) is 0 Å². The maximum atomic E-state index is 4.83. The van der Waals surface area contributed by atoms with Crippen LogP contribution in [0.1, 0.15) is 0 Å². The van der Waals surface area contributed by atoms with Gasteiger partial charge < -0.3 is 0 Å². The highest BCUT2D eigenvalue weighted by Crippen LogP contribution is 1.81. The number of thiol groups is 1. The van der Waals surface area contributed by atoms with Crippen LogP contribution in [0.15, 0.2) is 4.36 Å². The van der Waals surface area contributed by atoms with Crippen molar-refractivity contribution in [3.05, 3.63) is 0 Å². The molecule has 4 heteroatoms. The van der Waals surface area contributed by atoms with Crippen LogP contribution in [0.25, 0.3) is 0 Å². The first-order chi connectivity index (χ1) is 2.81. The first-order valence-electron chi connectivity index (χ1n) is 1.41. The van der Waals surface area contributed by atoms with Crippen molar-refractivity contribution in [3.63, 3.8) is 0 Å². The smallest absolute Gasteiger partial charge is 0.0572 e. The highest BCUT2D eigenvalue weighted by molar-refractivity contribution is 14.1. The first-order valence-corrected chi connectivity index (χ1v) is 5.43. The standard InChI is InChI=1S/C2H6INS2/c1-4-6(5)2-3/h6H,2H2,1H3. The van der Waals surface area contributed by atoms with Crippen molar-refractivity contribution in [2.45, 2.75) is 0 Å². The van der Waals surface area contributed by atoms with Crippen molar-refractivity contribution in [2.24, 2.45) is 4.36 Å². The van der Waals surface area contributed by atoms with Gasteiger partial charge in [0.25, 0.3) is 0 Å². The summed E-state index contributed by atoms with van der Waals surface area (Å²) in [4.78, 5) is 0. The Hall–Kier alpha value is 1.10. The molecule has 0 heterocycles. The molecule has 0 saturated carbocycles. The minimum Gasteiger partial charge on any atom is -0.266 e. The highest BCUT2D eigenvalue weighted by atomic mass is 127. The van der Waals surface area contributed by atoms with E-state index in [1.165, 1.54) is 0 Å². The predicted octanol–water partition coefficient (Wildman–Crippen LogP) is 1.00. The second kappa shape index (κ2) is 4.26. The SMILES string of the molecule is CN=[SH](=S)CI. The highest BCUT2D eigenvalue weighted by Gasteiger charge is 1.63. The topological polar surface area (TPSA) is 12.4 Å². The molecule has 0 aliphatic heterocycles. The molecule has 0 amide bonds. The van der Waals surface area contributed by atoms with E-state index in [4.69, 9.17) is 11.2 Å². The van der Waals surface area contributed by atoms with Crippen molar-refractivity contribution >= 4 is 43.0 Å². The van der Waals surface area contributed by atoms with E-state index in [0.717, 1.165) is 3.76 Å². The second-order valence-electron chi connectivity index (χ2n) is 0.672. The van der Waals surface area contributed by atoms with Gasteiger partial charge in [-0.2, -0.15) is 0 Å². The molecular weight excluding hydrogens is 229 g/mol. The Morgan fingerprint density at radius 2 is 2.50 bits per heavy atom. The molecule has 0 aliphatic rings. The average Bonchev–Trinajstić information content (AvgIpc) is 1.65. The molecule has 0 spiro atoms. The van der Waals surface area contributed by atoms with Crippen LogP contribution in [0.3, 0.4) is 0 Å². The monoisotopic (exact) mass is 235 g/mol. The van der Waals surface area contributed by atoms with Crippen LogP contribution >= 0.6 is 22.6 Å². The van der Waals surface area contributed by atoms with Crippen LogP contribution in [0.5, 0.6) is 0 Å². The normalized spacial score (nSPS) is 15.0. The lowest BCUT2D eigenvalue weighted by Crippen LogP contribution is -1.67. The minimum atomic E-state index is -0.381. The number of alkyl halides is 1. The molecule has 0 rings (SSSR count). The van der Waals surface area contributed by atoms with E-state index in [-0.39, 0.29) is 9.25 Å². The third kappa shape index (κ3) is 3.30. The third-order valence-corrected chi connectivity index (χ3v) is 5.18. The van der Waals surface area contributed by atoms with Crippen LogP contribution in [0, 0.1) is 0 Å². The molecule has 0 aromatic carbocycles. The molecule has 0 radical (unpaired) electrons. The molecule has 0 aliphatic carbocycles. The summed E-state index contributed by atoms with van der Waals surface area (Å²) in [5.74, 6) is 0. The van der Waals surface area contributed by atoms with Crippen LogP contribution in [-0.2, 0) is 20.4 Å². The second-order valence-corrected chi connectivity index (χ2v) is 5.33. The Morgan fingerprint density at radius 3 is 2.50 bits per heavy atom. The number of hydrogen-bond donors (Lipinski definition) is 1. The fraction of sp³-hybridized carbons (Fsp3) is 1.00. The van der Waals surface area contributed by atoms with E-state index in [1.807, 2.05) is 0 Å². The largest absolute Gasteiger partial charge is 0.266 e. The fourth-order valence-corrected chi connectivity index (χ4v) is 1.08. The summed E-state index contributed by atoms with van der Waals surface area (Å²) >= 11 is 7.07. The Labute approximate surface area is 58.0 Å². The molecule has 0 fully saturated rings. The number of rotatable bonds is 1. The molecule has 0 N–H and O–H groups in total. The van der Waals surface area contributed by atoms with Crippen molar-refractivity contribution in [2.75, 3.05) is 10.8 Å². The summed E-state index contributed by atoms with van der Waals surface area (Å²) in [6, 6.07) is 0. The molecule has 1 nitrogen and oxygen atoms in total. The van der Waals surface area contributed by atoms with E-state index < -0.39 is 0 Å². The van der Waals surface area contributed by atoms with Crippen LogP contribution in [-0.4, -0.2) is 10.8 Å². The Morgan fingerprint density at radius 1 is 2.00 bits per heavy atom. The average molecular weight is 235 g/mol. The van der Waals surface area contributed by atoms with Gasteiger partial charge >= 0.3 is 0 Å². The summed E-state index contributed by atoms with van der Waals surface area (Å²) in [7, 11) is 1.39. The van der Waals surface area contributed by atoms with E-state index in [0.29, 0.717) is 0 Å². The zero-order chi connectivity index (χ0) is 4.99. The van der Waals surface area contributed by atoms with Crippen LogP contribution in [0.2, 0.25) is 0 Å². The fourth-order valence-electron chi connectivity index (χ4n) is 0.0535. The predicted molar refractivity (Wildman–Crippen MR) is 43.4 cm³/mol. The number of hydrogen-bond acceptors (Lipinski definition) is 2. The Kier molecular flexibility index (Phi) is 5.05. The van der Waals surface area contributed by atoms with Gasteiger partial charge in [-0.1, -0.05) is 31.8 Å². The van der Waals surface area contributed by atoms with Crippen molar-refractivity contribution in [3.8, 4) is 0 Å². The van der Waals surface area contributed by atoms with E-state index in [2.05, 4.69) is 27.0 Å². The summed E-state index contributed by atoms with van der Waals surface area (Å²) in [6.07, 6.45) is 0. The van der Waals surface area contributed by atoms with Gasteiger partial charge in [0.2, 0.25) is 0 Å². The first kappa shape index (κ1) is 7.10. The lowest BCUT2D eigenvalue weighted by molar-refractivity contribution is 1.52. The molecule has 38 valence electrons. The van der Waals surface area contributed by atoms with Gasteiger partial charge in [0.05, 0.1) is 3.76 Å². The maximum Gasteiger partial charge on any atom is 0.0572 e. The lowest BCUT2D eigenvalue weighted by atomic mass is 11.6. The van der Waals surface area contributed by atoms with E-state index >= 15 is 0 Å². The summed E-state index contributed by atoms with van der Waals surface area (Å²) in [5.41, 5.74) is 0. The van der Waals surface area contributed by atoms with Crippen molar-refractivity contribution < 1.29 is 0 Å². The molecule has 1 atom stereocenters. The van der Waals surface area contributed by atoms with E-state index in [9.17, 15) is 0 Å². The molecule has 0 saturated heterocycles. The molecule has 0 aromatic rings. The minimum absolute atomic E-state index is 0.381.